The maximum absolute atomic E-state index is 13.9. The summed E-state index contributed by atoms with van der Waals surface area (Å²) < 4.78 is 64.2. The van der Waals surface area contributed by atoms with Crippen molar-refractivity contribution >= 4 is 5.91 Å². The summed E-state index contributed by atoms with van der Waals surface area (Å²) in [5.74, 6) is -5.28. The third kappa shape index (κ3) is 5.68. The Hall–Kier alpha value is -0.960. The van der Waals surface area contributed by atoms with E-state index in [-0.39, 0.29) is 17.0 Å². The van der Waals surface area contributed by atoms with Crippen LogP contribution in [0.25, 0.3) is 0 Å². The largest absolute Gasteiger partial charge is 0.471 e. The van der Waals surface area contributed by atoms with E-state index >= 15 is 0 Å². The molecular formula is C13H22F5N3O. The Kier molecular flexibility index (Phi) is 6.14. The van der Waals surface area contributed by atoms with Gasteiger partial charge in [-0.1, -0.05) is 0 Å². The molecule has 0 radical (unpaired) electrons. The van der Waals surface area contributed by atoms with E-state index in [1.54, 1.807) is 7.05 Å². The van der Waals surface area contributed by atoms with Crippen LogP contribution in [0, 0.1) is 0 Å². The fraction of sp³-hybridized carbons (Fsp3) is 0.923. The Balaban J connectivity index is 2.45. The molecule has 1 rings (SSSR count). The van der Waals surface area contributed by atoms with E-state index in [0.717, 1.165) is 19.9 Å². The monoisotopic (exact) mass is 331 g/mol. The van der Waals surface area contributed by atoms with Gasteiger partial charge in [0.1, 0.15) is 0 Å². The molecule has 9 heteroatoms. The number of carbonyl (C=O) groups excluding carboxylic acids is 1. The van der Waals surface area contributed by atoms with Crippen molar-refractivity contribution in [1.82, 2.24) is 9.80 Å². The molecule has 0 bridgehead atoms. The van der Waals surface area contributed by atoms with Gasteiger partial charge in [0.15, 0.2) is 0 Å². The van der Waals surface area contributed by atoms with Gasteiger partial charge in [0.2, 0.25) is 0 Å². The van der Waals surface area contributed by atoms with Crippen LogP contribution in [0.1, 0.15) is 25.7 Å². The minimum atomic E-state index is -5.04. The van der Waals surface area contributed by atoms with Gasteiger partial charge in [0.25, 0.3) is 5.92 Å². The second-order valence-electron chi connectivity index (χ2n) is 5.97. The Morgan fingerprint density at radius 3 is 2.23 bits per heavy atom. The number of alkyl halides is 5. The third-order valence-corrected chi connectivity index (χ3v) is 3.95. The van der Waals surface area contributed by atoms with Gasteiger partial charge in [0, 0.05) is 32.1 Å². The van der Waals surface area contributed by atoms with Gasteiger partial charge in [-0.05, 0) is 26.3 Å². The van der Waals surface area contributed by atoms with Crippen LogP contribution in [0.3, 0.4) is 0 Å². The maximum atomic E-state index is 13.9. The lowest BCUT2D eigenvalue weighted by molar-refractivity contribution is -0.184. The summed E-state index contributed by atoms with van der Waals surface area (Å²) in [7, 11) is 2.42. The molecule has 0 spiro atoms. The highest BCUT2D eigenvalue weighted by atomic mass is 19.4. The van der Waals surface area contributed by atoms with Crippen molar-refractivity contribution in [2.75, 3.05) is 27.2 Å². The summed E-state index contributed by atoms with van der Waals surface area (Å²) in [5.41, 5.74) is 5.73. The van der Waals surface area contributed by atoms with E-state index in [2.05, 4.69) is 0 Å². The number of hydrogen-bond acceptors (Lipinski definition) is 3. The lowest BCUT2D eigenvalue weighted by Gasteiger charge is -2.29. The molecule has 1 unspecified atom stereocenters. The molecule has 1 aliphatic carbocycles. The fourth-order valence-corrected chi connectivity index (χ4v) is 2.61. The highest BCUT2D eigenvalue weighted by molar-refractivity contribution is 5.81. The van der Waals surface area contributed by atoms with Crippen LogP contribution < -0.4 is 5.73 Å². The predicted octanol–water partition coefficient (Wildman–Crippen LogP) is 1.84. The molecule has 0 aromatic carbocycles. The van der Waals surface area contributed by atoms with Crippen LogP contribution in [0.4, 0.5) is 22.0 Å². The van der Waals surface area contributed by atoms with Crippen molar-refractivity contribution in [3.8, 4) is 0 Å². The van der Waals surface area contributed by atoms with Gasteiger partial charge in [-0.3, -0.25) is 9.69 Å². The fourth-order valence-electron chi connectivity index (χ4n) is 2.61. The molecule has 2 atom stereocenters. The van der Waals surface area contributed by atoms with Crippen molar-refractivity contribution in [2.45, 2.75) is 49.9 Å². The van der Waals surface area contributed by atoms with Gasteiger partial charge in [-0.2, -0.15) is 13.2 Å². The predicted molar refractivity (Wildman–Crippen MR) is 71.5 cm³/mol. The molecule has 0 aromatic heterocycles. The van der Waals surface area contributed by atoms with Gasteiger partial charge in [0.05, 0.1) is 6.54 Å². The zero-order chi connectivity index (χ0) is 17.1. The van der Waals surface area contributed by atoms with Crippen molar-refractivity contribution in [3.63, 3.8) is 0 Å². The van der Waals surface area contributed by atoms with Crippen molar-refractivity contribution < 1.29 is 26.7 Å². The minimum absolute atomic E-state index is 0.0108. The average Bonchev–Trinajstić information content (AvgIpc) is 2.80. The Morgan fingerprint density at radius 1 is 1.18 bits per heavy atom. The number of carbonyl (C=O) groups is 1. The quantitative estimate of drug-likeness (QED) is 0.756. The average molecular weight is 331 g/mol. The first-order chi connectivity index (χ1) is 9.92. The lowest BCUT2D eigenvalue weighted by Crippen LogP contribution is -2.44. The minimum Gasteiger partial charge on any atom is -0.338 e. The van der Waals surface area contributed by atoms with Crippen LogP contribution in [-0.2, 0) is 4.79 Å². The van der Waals surface area contributed by atoms with Crippen LogP contribution in [0.5, 0.6) is 0 Å². The molecule has 0 aromatic rings. The summed E-state index contributed by atoms with van der Waals surface area (Å²) in [6.45, 7) is -1.21. The number of nitrogens with two attached hydrogens (primary N) is 1. The van der Waals surface area contributed by atoms with Gasteiger partial charge < -0.3 is 10.6 Å². The molecule has 0 heterocycles. The van der Waals surface area contributed by atoms with E-state index in [4.69, 9.17) is 5.73 Å². The summed E-state index contributed by atoms with van der Waals surface area (Å²) in [5, 5.41) is 0. The van der Waals surface area contributed by atoms with Crippen LogP contribution >= 0.6 is 0 Å². The van der Waals surface area contributed by atoms with Crippen molar-refractivity contribution in [2.24, 2.45) is 5.73 Å². The van der Waals surface area contributed by atoms with E-state index in [1.807, 2.05) is 0 Å². The Labute approximate surface area is 126 Å². The normalized spacial score (nSPS) is 23.1. The molecule has 22 heavy (non-hydrogen) atoms. The van der Waals surface area contributed by atoms with E-state index in [0.29, 0.717) is 6.42 Å². The molecule has 1 fully saturated rings. The molecule has 4 nitrogen and oxygen atoms in total. The first-order valence-electron chi connectivity index (χ1n) is 7.08. The van der Waals surface area contributed by atoms with E-state index in [1.165, 1.54) is 4.90 Å². The highest BCUT2D eigenvalue weighted by Crippen LogP contribution is 2.27. The lowest BCUT2D eigenvalue weighted by atomic mass is 10.1. The summed E-state index contributed by atoms with van der Waals surface area (Å²) in [6, 6.07) is -0.0213. The zero-order valence-electron chi connectivity index (χ0n) is 12.7. The van der Waals surface area contributed by atoms with Gasteiger partial charge in [-0.25, -0.2) is 8.78 Å². The molecular weight excluding hydrogens is 309 g/mol. The van der Waals surface area contributed by atoms with Gasteiger partial charge >= 0.3 is 12.1 Å². The summed E-state index contributed by atoms with van der Waals surface area (Å²) in [6.07, 6.45) is -3.70. The number of hydrogen-bond donors (Lipinski definition) is 1. The molecule has 1 amide bonds. The standard InChI is InChI=1S/C13H22F5N3O/c1-20(11(22)13(16,17)18)6-5-12(14,15)8-21(2)10-4-3-9(19)7-10/h9-10H,3-8,19H2,1-2H3/t9-,10?/m0/s1. The molecule has 2 N–H and O–H groups in total. The first-order valence-corrected chi connectivity index (χ1v) is 7.08. The number of halogens is 5. The van der Waals surface area contributed by atoms with Crippen molar-refractivity contribution in [1.29, 1.82) is 0 Å². The van der Waals surface area contributed by atoms with Crippen molar-refractivity contribution in [3.05, 3.63) is 0 Å². The Morgan fingerprint density at radius 2 is 1.77 bits per heavy atom. The molecule has 0 aliphatic heterocycles. The summed E-state index contributed by atoms with van der Waals surface area (Å²) >= 11 is 0. The number of nitrogens with zero attached hydrogens (tertiary/aromatic N) is 2. The summed E-state index contributed by atoms with van der Waals surface area (Å²) in [4.78, 5) is 12.7. The smallest absolute Gasteiger partial charge is 0.338 e. The number of rotatable bonds is 6. The number of amides is 1. The van der Waals surface area contributed by atoms with Crippen LogP contribution in [0.2, 0.25) is 0 Å². The molecule has 130 valence electrons. The zero-order valence-corrected chi connectivity index (χ0v) is 12.7. The maximum Gasteiger partial charge on any atom is 0.471 e. The molecule has 0 saturated heterocycles. The third-order valence-electron chi connectivity index (χ3n) is 3.95. The molecule has 1 aliphatic rings. The van der Waals surface area contributed by atoms with Crippen LogP contribution in [-0.4, -0.2) is 67.1 Å². The van der Waals surface area contributed by atoms with Gasteiger partial charge in [-0.15, -0.1) is 0 Å². The van der Waals surface area contributed by atoms with E-state index in [9.17, 15) is 26.7 Å². The van der Waals surface area contributed by atoms with Crippen LogP contribution in [0.15, 0.2) is 0 Å². The second kappa shape index (κ2) is 7.08. The van der Waals surface area contributed by atoms with E-state index < -0.39 is 37.5 Å². The Bertz CT molecular complexity index is 388. The highest BCUT2D eigenvalue weighted by Gasteiger charge is 2.42. The second-order valence-corrected chi connectivity index (χ2v) is 5.97. The topological polar surface area (TPSA) is 49.6 Å². The first kappa shape index (κ1) is 19.1. The molecule has 1 saturated carbocycles. The SMILES string of the molecule is CN(CCC(F)(F)CN(C)C1CC[C@H](N)C1)C(=O)C(F)(F)F.